The number of rotatable bonds is 2. The zero-order valence-electron chi connectivity index (χ0n) is 15.4. The van der Waals surface area contributed by atoms with E-state index in [0.29, 0.717) is 12.2 Å². The van der Waals surface area contributed by atoms with Crippen LogP contribution in [0.3, 0.4) is 0 Å². The molecule has 0 radical (unpaired) electrons. The van der Waals surface area contributed by atoms with E-state index in [1.165, 1.54) is 0 Å². The molecule has 0 spiro atoms. The SMILES string of the molecule is CC(=O)O.Cc1cccnc1C(=O)N1C[C@H]2[C@H](N(C)C)CS(=O)(=O)[C@H]2C1. The zero-order chi connectivity index (χ0) is 19.6. The highest BCUT2D eigenvalue weighted by Crippen LogP contribution is 2.36. The van der Waals surface area contributed by atoms with Crippen molar-refractivity contribution in [2.24, 2.45) is 5.92 Å². The maximum atomic E-state index is 12.6. The predicted molar refractivity (Wildman–Crippen MR) is 96.7 cm³/mol. The van der Waals surface area contributed by atoms with Gasteiger partial charge in [0.25, 0.3) is 11.9 Å². The van der Waals surface area contributed by atoms with Crippen LogP contribution in [0.2, 0.25) is 0 Å². The number of aliphatic carboxylic acids is 1. The van der Waals surface area contributed by atoms with Crippen LogP contribution in [0.5, 0.6) is 0 Å². The number of carboxylic acids is 1. The first-order valence-electron chi connectivity index (χ1n) is 8.33. The van der Waals surface area contributed by atoms with Crippen LogP contribution in [0.25, 0.3) is 0 Å². The molecule has 3 rings (SSSR count). The molecule has 2 fully saturated rings. The van der Waals surface area contributed by atoms with E-state index in [0.717, 1.165) is 12.5 Å². The molecule has 2 aliphatic heterocycles. The van der Waals surface area contributed by atoms with Crippen LogP contribution in [0.4, 0.5) is 0 Å². The number of sulfone groups is 1. The van der Waals surface area contributed by atoms with E-state index >= 15 is 0 Å². The molecule has 9 heteroatoms. The minimum Gasteiger partial charge on any atom is -0.481 e. The van der Waals surface area contributed by atoms with Crippen LogP contribution in [0, 0.1) is 12.8 Å². The van der Waals surface area contributed by atoms with Gasteiger partial charge in [0.15, 0.2) is 9.84 Å². The molecule has 0 aromatic carbocycles. The lowest BCUT2D eigenvalue weighted by atomic mass is 10.00. The first-order valence-corrected chi connectivity index (χ1v) is 10.0. The summed E-state index contributed by atoms with van der Waals surface area (Å²) >= 11 is 0. The van der Waals surface area contributed by atoms with E-state index in [2.05, 4.69) is 4.98 Å². The number of amides is 1. The highest BCUT2D eigenvalue weighted by molar-refractivity contribution is 7.92. The second-order valence-electron chi connectivity index (χ2n) is 6.96. The molecule has 0 unspecified atom stereocenters. The van der Waals surface area contributed by atoms with Crippen molar-refractivity contribution in [3.63, 3.8) is 0 Å². The molecule has 1 N–H and O–H groups in total. The largest absolute Gasteiger partial charge is 0.481 e. The highest BCUT2D eigenvalue weighted by atomic mass is 32.2. The number of aromatic nitrogens is 1. The quantitative estimate of drug-likeness (QED) is 0.781. The number of hydrogen-bond donors (Lipinski definition) is 1. The van der Waals surface area contributed by atoms with Crippen LogP contribution in [0.15, 0.2) is 18.3 Å². The average Bonchev–Trinajstić information content (AvgIpc) is 3.06. The third kappa shape index (κ3) is 4.21. The van der Waals surface area contributed by atoms with Crippen molar-refractivity contribution in [2.45, 2.75) is 25.1 Å². The maximum Gasteiger partial charge on any atom is 0.300 e. The van der Waals surface area contributed by atoms with E-state index in [1.54, 1.807) is 17.2 Å². The molecule has 8 nitrogen and oxygen atoms in total. The Morgan fingerprint density at radius 1 is 1.31 bits per heavy atom. The van der Waals surface area contributed by atoms with E-state index in [-0.39, 0.29) is 30.2 Å². The third-order valence-corrected chi connectivity index (χ3v) is 7.06. The number of fused-ring (bicyclic) bond motifs is 1. The summed E-state index contributed by atoms with van der Waals surface area (Å²) < 4.78 is 24.7. The number of likely N-dealkylation sites (tertiary alicyclic amines) is 1. The Morgan fingerprint density at radius 3 is 2.46 bits per heavy atom. The number of pyridine rings is 1. The summed E-state index contributed by atoms with van der Waals surface area (Å²) in [5.41, 5.74) is 1.23. The lowest BCUT2D eigenvalue weighted by Gasteiger charge is -2.25. The zero-order valence-corrected chi connectivity index (χ0v) is 16.2. The topological polar surface area (TPSA) is 108 Å². The van der Waals surface area contributed by atoms with Crippen LogP contribution in [-0.4, -0.2) is 84.4 Å². The summed E-state index contributed by atoms with van der Waals surface area (Å²) in [5, 5.41) is 6.98. The Kier molecular flexibility index (Phi) is 6.02. The number of carbonyl (C=O) groups is 2. The Balaban J connectivity index is 0.000000552. The van der Waals surface area contributed by atoms with Gasteiger partial charge >= 0.3 is 0 Å². The molecule has 26 heavy (non-hydrogen) atoms. The number of aryl methyl sites for hydroxylation is 1. The van der Waals surface area contributed by atoms with Gasteiger partial charge in [-0.15, -0.1) is 0 Å². The molecule has 0 bridgehead atoms. The first kappa shape index (κ1) is 20.3. The summed E-state index contributed by atoms with van der Waals surface area (Å²) in [5.74, 6) is -0.812. The Labute approximate surface area is 153 Å². The normalized spacial score (nSPS) is 26.2. The first-order chi connectivity index (χ1) is 12.0. The lowest BCUT2D eigenvalue weighted by molar-refractivity contribution is -0.134. The summed E-state index contributed by atoms with van der Waals surface area (Å²) in [6, 6.07) is 3.62. The van der Waals surface area contributed by atoms with Gasteiger partial charge in [0.1, 0.15) is 5.69 Å². The maximum absolute atomic E-state index is 12.6. The molecular formula is C17H25N3O5S. The van der Waals surface area contributed by atoms with Gasteiger partial charge in [-0.3, -0.25) is 14.6 Å². The fourth-order valence-electron chi connectivity index (χ4n) is 3.59. The molecule has 144 valence electrons. The molecule has 1 aromatic rings. The van der Waals surface area contributed by atoms with Crippen LogP contribution >= 0.6 is 0 Å². The van der Waals surface area contributed by atoms with Gasteiger partial charge in [-0.1, -0.05) is 6.07 Å². The number of nitrogens with zero attached hydrogens (tertiary/aromatic N) is 3. The molecule has 2 aliphatic rings. The number of carbonyl (C=O) groups excluding carboxylic acids is 1. The van der Waals surface area contributed by atoms with Gasteiger partial charge in [-0.25, -0.2) is 8.42 Å². The number of carboxylic acid groups (broad SMARTS) is 1. The Morgan fingerprint density at radius 2 is 1.92 bits per heavy atom. The summed E-state index contributed by atoms with van der Waals surface area (Å²) in [7, 11) is 0.665. The van der Waals surface area contributed by atoms with E-state index in [1.807, 2.05) is 32.0 Å². The van der Waals surface area contributed by atoms with Crippen molar-refractivity contribution >= 4 is 21.7 Å². The standard InChI is InChI=1S/C15H21N3O3S.C2H4O2/c1-10-5-4-6-16-14(10)15(19)18-7-11-12(17(2)3)9-22(20,21)13(11)8-18;1-2(3)4/h4-6,11-13H,7-9H2,1-3H3;1H3,(H,3,4)/t11-,12+,13-;/m0./s1. The van der Waals surface area contributed by atoms with Crippen molar-refractivity contribution < 1.29 is 23.1 Å². The minimum absolute atomic E-state index is 0.00651. The monoisotopic (exact) mass is 383 g/mol. The Hall–Kier alpha value is -2.00. The van der Waals surface area contributed by atoms with Crippen molar-refractivity contribution in [1.29, 1.82) is 0 Å². The second-order valence-corrected chi connectivity index (χ2v) is 9.23. The number of hydrogen-bond acceptors (Lipinski definition) is 6. The van der Waals surface area contributed by atoms with Crippen molar-refractivity contribution in [3.05, 3.63) is 29.6 Å². The summed E-state index contributed by atoms with van der Waals surface area (Å²) in [4.78, 5) is 29.4. The second kappa shape index (κ2) is 7.71. The van der Waals surface area contributed by atoms with Gasteiger partial charge in [0, 0.05) is 38.2 Å². The molecule has 3 heterocycles. The van der Waals surface area contributed by atoms with Crippen LogP contribution < -0.4 is 0 Å². The molecule has 3 atom stereocenters. The van der Waals surface area contributed by atoms with E-state index in [9.17, 15) is 13.2 Å². The van der Waals surface area contributed by atoms with Gasteiger partial charge in [-0.05, 0) is 32.6 Å². The summed E-state index contributed by atoms with van der Waals surface area (Å²) in [6.07, 6.45) is 1.59. The van der Waals surface area contributed by atoms with Crippen LogP contribution in [0.1, 0.15) is 23.0 Å². The lowest BCUT2D eigenvalue weighted by Crippen LogP contribution is -2.39. The third-order valence-electron chi connectivity index (χ3n) is 4.83. The van der Waals surface area contributed by atoms with Gasteiger partial charge in [0.05, 0.1) is 11.0 Å². The van der Waals surface area contributed by atoms with E-state index < -0.39 is 21.1 Å². The Bertz CT molecular complexity index is 789. The van der Waals surface area contributed by atoms with Crippen molar-refractivity contribution in [2.75, 3.05) is 32.9 Å². The molecule has 0 saturated carbocycles. The molecule has 1 aromatic heterocycles. The average molecular weight is 383 g/mol. The van der Waals surface area contributed by atoms with Crippen molar-refractivity contribution in [1.82, 2.24) is 14.8 Å². The molecule has 0 aliphatic carbocycles. The fourth-order valence-corrected chi connectivity index (χ4v) is 6.07. The minimum atomic E-state index is -3.13. The summed E-state index contributed by atoms with van der Waals surface area (Å²) in [6.45, 7) is 3.70. The highest BCUT2D eigenvalue weighted by Gasteiger charge is 2.53. The molecule has 1 amide bonds. The van der Waals surface area contributed by atoms with E-state index in [4.69, 9.17) is 9.90 Å². The predicted octanol–water partition coefficient (Wildman–Crippen LogP) is 0.280. The van der Waals surface area contributed by atoms with Gasteiger partial charge < -0.3 is 14.9 Å². The molecule has 2 saturated heterocycles. The molecular weight excluding hydrogens is 358 g/mol. The smallest absolute Gasteiger partial charge is 0.300 e. The van der Waals surface area contributed by atoms with Crippen molar-refractivity contribution in [3.8, 4) is 0 Å². The fraction of sp³-hybridized carbons (Fsp3) is 0.588. The van der Waals surface area contributed by atoms with Gasteiger partial charge in [0.2, 0.25) is 0 Å². The van der Waals surface area contributed by atoms with Gasteiger partial charge in [-0.2, -0.15) is 0 Å². The van der Waals surface area contributed by atoms with Crippen LogP contribution in [-0.2, 0) is 14.6 Å².